The van der Waals surface area contributed by atoms with Gasteiger partial charge in [-0.25, -0.2) is 4.79 Å². The second-order valence-corrected chi connectivity index (χ2v) is 6.83. The number of esters is 2. The summed E-state index contributed by atoms with van der Waals surface area (Å²) in [7, 11) is 0. The number of thiophene rings is 1. The van der Waals surface area contributed by atoms with E-state index in [0.717, 1.165) is 13.0 Å². The first kappa shape index (κ1) is 16.2. The minimum atomic E-state index is -0.680. The fourth-order valence-corrected chi connectivity index (χ4v) is 3.99. The molecule has 4 nitrogen and oxygen atoms in total. The molecular weight excluding hydrogens is 334 g/mol. The van der Waals surface area contributed by atoms with E-state index >= 15 is 0 Å². The standard InChI is InChI=1S/C17H16ClNO3S/c1-11(20)22-17(21)16(13-4-2-3-5-14(13)18)19-8-6-15-12(10-19)7-9-23-15/h2-5,7,9,16H,6,8,10H2,1H3/t16-/m0/s1. The van der Waals surface area contributed by atoms with E-state index in [1.165, 1.54) is 17.4 Å². The molecule has 1 aliphatic rings. The predicted molar refractivity (Wildman–Crippen MR) is 89.4 cm³/mol. The van der Waals surface area contributed by atoms with Crippen molar-refractivity contribution < 1.29 is 14.3 Å². The summed E-state index contributed by atoms with van der Waals surface area (Å²) < 4.78 is 4.87. The van der Waals surface area contributed by atoms with Crippen molar-refractivity contribution in [2.45, 2.75) is 25.9 Å². The van der Waals surface area contributed by atoms with Crippen LogP contribution in [-0.4, -0.2) is 23.4 Å². The molecule has 2 aromatic rings. The maximum atomic E-state index is 12.5. The van der Waals surface area contributed by atoms with Crippen LogP contribution in [0.4, 0.5) is 0 Å². The number of hydrogen-bond acceptors (Lipinski definition) is 5. The zero-order valence-corrected chi connectivity index (χ0v) is 14.2. The summed E-state index contributed by atoms with van der Waals surface area (Å²) in [5, 5.41) is 2.56. The molecule has 0 unspecified atom stereocenters. The zero-order valence-electron chi connectivity index (χ0n) is 12.6. The van der Waals surface area contributed by atoms with Gasteiger partial charge in [0, 0.05) is 29.9 Å². The Bertz CT molecular complexity index is 743. The Balaban J connectivity index is 1.94. The number of hydrogen-bond donors (Lipinski definition) is 0. The van der Waals surface area contributed by atoms with Crippen molar-refractivity contribution in [3.63, 3.8) is 0 Å². The van der Waals surface area contributed by atoms with Crippen LogP contribution in [0.5, 0.6) is 0 Å². The molecule has 0 N–H and O–H groups in total. The molecule has 1 aliphatic heterocycles. The maximum Gasteiger partial charge on any atom is 0.335 e. The second kappa shape index (κ2) is 6.83. The quantitative estimate of drug-likeness (QED) is 0.627. The highest BCUT2D eigenvalue weighted by Gasteiger charge is 2.33. The average molecular weight is 350 g/mol. The van der Waals surface area contributed by atoms with Crippen LogP contribution in [0.15, 0.2) is 35.7 Å². The van der Waals surface area contributed by atoms with Crippen LogP contribution in [0, 0.1) is 0 Å². The number of halogens is 1. The van der Waals surface area contributed by atoms with Gasteiger partial charge in [0.15, 0.2) is 0 Å². The lowest BCUT2D eigenvalue weighted by molar-refractivity contribution is -0.162. The minimum Gasteiger partial charge on any atom is -0.392 e. The molecule has 1 atom stereocenters. The summed E-state index contributed by atoms with van der Waals surface area (Å²) in [6.45, 7) is 2.59. The summed E-state index contributed by atoms with van der Waals surface area (Å²) in [6, 6.07) is 8.58. The highest BCUT2D eigenvalue weighted by atomic mass is 35.5. The van der Waals surface area contributed by atoms with Crippen LogP contribution in [0.3, 0.4) is 0 Å². The third-order valence-electron chi connectivity index (χ3n) is 3.87. The normalized spacial score (nSPS) is 15.7. The van der Waals surface area contributed by atoms with E-state index in [0.29, 0.717) is 17.1 Å². The Hall–Kier alpha value is -1.69. The molecule has 6 heteroatoms. The Morgan fingerprint density at radius 2 is 2.09 bits per heavy atom. The third-order valence-corrected chi connectivity index (χ3v) is 5.24. The van der Waals surface area contributed by atoms with Crippen molar-refractivity contribution >= 4 is 34.9 Å². The molecule has 0 aliphatic carbocycles. The van der Waals surface area contributed by atoms with E-state index in [9.17, 15) is 9.59 Å². The fraction of sp³-hybridized carbons (Fsp3) is 0.294. The van der Waals surface area contributed by atoms with Crippen LogP contribution in [-0.2, 0) is 27.3 Å². The number of nitrogens with zero attached hydrogens (tertiary/aromatic N) is 1. The molecule has 0 spiro atoms. The van der Waals surface area contributed by atoms with Crippen molar-refractivity contribution in [1.29, 1.82) is 0 Å². The molecule has 23 heavy (non-hydrogen) atoms. The molecular formula is C17H16ClNO3S. The largest absolute Gasteiger partial charge is 0.392 e. The Labute approximate surface area is 143 Å². The van der Waals surface area contributed by atoms with Crippen molar-refractivity contribution in [3.05, 3.63) is 56.7 Å². The van der Waals surface area contributed by atoms with E-state index < -0.39 is 18.0 Å². The van der Waals surface area contributed by atoms with E-state index in [2.05, 4.69) is 11.4 Å². The summed E-state index contributed by atoms with van der Waals surface area (Å²) in [4.78, 5) is 27.1. The average Bonchev–Trinajstić information content (AvgIpc) is 2.96. The number of rotatable bonds is 3. The zero-order chi connectivity index (χ0) is 16.4. The lowest BCUT2D eigenvalue weighted by Gasteiger charge is -2.33. The molecule has 1 aromatic carbocycles. The first-order chi connectivity index (χ1) is 11.1. The predicted octanol–water partition coefficient (Wildman–Crippen LogP) is 3.59. The van der Waals surface area contributed by atoms with Crippen LogP contribution in [0.1, 0.15) is 29.0 Å². The van der Waals surface area contributed by atoms with Gasteiger partial charge in [0.2, 0.25) is 0 Å². The van der Waals surface area contributed by atoms with Gasteiger partial charge in [-0.3, -0.25) is 9.69 Å². The van der Waals surface area contributed by atoms with Gasteiger partial charge in [-0.05, 0) is 35.1 Å². The summed E-state index contributed by atoms with van der Waals surface area (Å²) in [6.07, 6.45) is 0.876. The number of carbonyl (C=O) groups is 2. The van der Waals surface area contributed by atoms with E-state index in [-0.39, 0.29) is 0 Å². The SMILES string of the molecule is CC(=O)OC(=O)[C@H](c1ccccc1Cl)N1CCc2sccc2C1. The van der Waals surface area contributed by atoms with Crippen molar-refractivity contribution in [3.8, 4) is 0 Å². The van der Waals surface area contributed by atoms with Crippen molar-refractivity contribution in [1.82, 2.24) is 4.90 Å². The van der Waals surface area contributed by atoms with Gasteiger partial charge in [0.05, 0.1) is 0 Å². The van der Waals surface area contributed by atoms with Gasteiger partial charge >= 0.3 is 11.9 Å². The second-order valence-electron chi connectivity index (χ2n) is 5.43. The van der Waals surface area contributed by atoms with Crippen LogP contribution < -0.4 is 0 Å². The molecule has 120 valence electrons. The molecule has 0 saturated heterocycles. The van der Waals surface area contributed by atoms with Gasteiger partial charge in [0.25, 0.3) is 0 Å². The monoisotopic (exact) mass is 349 g/mol. The molecule has 0 bridgehead atoms. The maximum absolute atomic E-state index is 12.5. The van der Waals surface area contributed by atoms with E-state index in [1.807, 2.05) is 17.0 Å². The van der Waals surface area contributed by atoms with Gasteiger partial charge in [0.1, 0.15) is 6.04 Å². The van der Waals surface area contributed by atoms with Crippen molar-refractivity contribution in [2.75, 3.05) is 6.54 Å². The Kier molecular flexibility index (Phi) is 4.80. The smallest absolute Gasteiger partial charge is 0.335 e. The lowest BCUT2D eigenvalue weighted by atomic mass is 10.0. The highest BCUT2D eigenvalue weighted by Crippen LogP contribution is 2.34. The van der Waals surface area contributed by atoms with Crippen LogP contribution >= 0.6 is 22.9 Å². The summed E-state index contributed by atoms with van der Waals surface area (Å²) in [5.74, 6) is -1.19. The Morgan fingerprint density at radius 3 is 2.83 bits per heavy atom. The van der Waals surface area contributed by atoms with Crippen LogP contribution in [0.25, 0.3) is 0 Å². The molecule has 0 saturated carbocycles. The van der Waals surface area contributed by atoms with E-state index in [1.54, 1.807) is 23.5 Å². The molecule has 2 heterocycles. The fourth-order valence-electron chi connectivity index (χ4n) is 2.86. The lowest BCUT2D eigenvalue weighted by Crippen LogP contribution is -2.39. The minimum absolute atomic E-state index is 0.495. The molecule has 0 amide bonds. The van der Waals surface area contributed by atoms with Crippen molar-refractivity contribution in [2.24, 2.45) is 0 Å². The summed E-state index contributed by atoms with van der Waals surface area (Å²) >= 11 is 8.01. The van der Waals surface area contributed by atoms with Gasteiger partial charge in [-0.2, -0.15) is 0 Å². The van der Waals surface area contributed by atoms with Gasteiger partial charge < -0.3 is 4.74 Å². The van der Waals surface area contributed by atoms with E-state index in [4.69, 9.17) is 16.3 Å². The number of fused-ring (bicyclic) bond motifs is 1. The summed E-state index contributed by atoms with van der Waals surface area (Å²) in [5.41, 5.74) is 1.88. The van der Waals surface area contributed by atoms with Gasteiger partial charge in [-0.15, -0.1) is 11.3 Å². The molecule has 1 aromatic heterocycles. The van der Waals surface area contributed by atoms with Crippen LogP contribution in [0.2, 0.25) is 5.02 Å². The Morgan fingerprint density at radius 1 is 1.30 bits per heavy atom. The molecule has 0 fully saturated rings. The third kappa shape index (κ3) is 3.47. The molecule has 0 radical (unpaired) electrons. The highest BCUT2D eigenvalue weighted by molar-refractivity contribution is 7.10. The molecule has 3 rings (SSSR count). The first-order valence-corrected chi connectivity index (χ1v) is 8.58. The number of benzene rings is 1. The topological polar surface area (TPSA) is 46.6 Å². The van der Waals surface area contributed by atoms with Gasteiger partial charge in [-0.1, -0.05) is 29.8 Å². The number of ether oxygens (including phenoxy) is 1. The first-order valence-electron chi connectivity index (χ1n) is 7.32. The number of carbonyl (C=O) groups excluding carboxylic acids is 2.